The molecule has 0 fully saturated rings. The predicted molar refractivity (Wildman–Crippen MR) is 66.1 cm³/mol. The molecule has 0 radical (unpaired) electrons. The monoisotopic (exact) mass is 254 g/mol. The van der Waals surface area contributed by atoms with Gasteiger partial charge in [-0.2, -0.15) is 0 Å². The molecule has 0 amide bonds. The Bertz CT molecular complexity index is 410. The third kappa shape index (κ3) is 5.16. The molecule has 1 aromatic carbocycles. The Morgan fingerprint density at radius 1 is 1.29 bits per heavy atom. The van der Waals surface area contributed by atoms with Crippen LogP contribution in [0, 0.1) is 12.3 Å². The Labute approximate surface area is 101 Å². The lowest BCUT2D eigenvalue weighted by Crippen LogP contribution is -2.08. The summed E-state index contributed by atoms with van der Waals surface area (Å²) in [6.07, 6.45) is 5.52. The first-order valence-corrected chi connectivity index (χ1v) is 6.79. The first-order chi connectivity index (χ1) is 8.17. The summed E-state index contributed by atoms with van der Waals surface area (Å²) in [7, 11) is -3.70. The highest BCUT2D eigenvalue weighted by Crippen LogP contribution is 2.40. The van der Waals surface area contributed by atoms with Gasteiger partial charge in [0, 0.05) is 0 Å². The summed E-state index contributed by atoms with van der Waals surface area (Å²) in [5.41, 5.74) is 0. The first kappa shape index (κ1) is 14.0. The zero-order chi connectivity index (χ0) is 12.6. The molecule has 17 heavy (non-hydrogen) atoms. The van der Waals surface area contributed by atoms with Gasteiger partial charge in [-0.15, -0.1) is 6.42 Å². The molecule has 0 saturated carbocycles. The minimum Gasteiger partial charge on any atom is -0.369 e. The maximum atomic E-state index is 11.8. The van der Waals surface area contributed by atoms with Crippen molar-refractivity contribution in [2.24, 2.45) is 0 Å². The Kier molecular flexibility index (Phi) is 5.96. The molecule has 0 bridgehead atoms. The van der Waals surface area contributed by atoms with Gasteiger partial charge >= 0.3 is 7.60 Å². The van der Waals surface area contributed by atoms with Gasteiger partial charge in [-0.05, 0) is 18.6 Å². The highest BCUT2D eigenvalue weighted by Gasteiger charge is 2.21. The van der Waals surface area contributed by atoms with Crippen LogP contribution in [0.2, 0.25) is 0 Å². The van der Waals surface area contributed by atoms with Crippen LogP contribution in [-0.2, 0) is 13.8 Å². The second-order valence-electron chi connectivity index (χ2n) is 3.30. The van der Waals surface area contributed by atoms with Crippen LogP contribution in [0.5, 0.6) is 0 Å². The van der Waals surface area contributed by atoms with Gasteiger partial charge in [-0.25, -0.2) is 0 Å². The first-order valence-electron chi connectivity index (χ1n) is 5.21. The molecule has 1 rings (SSSR count). The van der Waals surface area contributed by atoms with Crippen molar-refractivity contribution in [1.82, 2.24) is 0 Å². The van der Waals surface area contributed by atoms with E-state index in [0.717, 1.165) is 0 Å². The highest BCUT2D eigenvalue weighted by atomic mass is 31.2. The van der Waals surface area contributed by atoms with Crippen molar-refractivity contribution in [3.63, 3.8) is 0 Å². The number of hydrogen-bond acceptors (Lipinski definition) is 3. The lowest BCUT2D eigenvalue weighted by molar-refractivity contribution is 0.144. The van der Waals surface area contributed by atoms with Crippen LogP contribution in [0.1, 0.15) is 6.42 Å². The quantitative estimate of drug-likeness (QED) is 0.455. The van der Waals surface area contributed by atoms with E-state index in [9.17, 15) is 9.46 Å². The molecule has 0 aliphatic heterocycles. The second kappa shape index (κ2) is 7.26. The van der Waals surface area contributed by atoms with Gasteiger partial charge in [-0.1, -0.05) is 24.1 Å². The molecule has 0 aliphatic rings. The Morgan fingerprint density at radius 2 is 2.00 bits per heavy atom. The van der Waals surface area contributed by atoms with Crippen molar-refractivity contribution in [3.05, 3.63) is 30.3 Å². The normalized spacial score (nSPS) is 13.9. The molecule has 0 heterocycles. The van der Waals surface area contributed by atoms with Crippen molar-refractivity contribution >= 4 is 12.9 Å². The van der Waals surface area contributed by atoms with Gasteiger partial charge in [0.1, 0.15) is 6.61 Å². The summed E-state index contributed by atoms with van der Waals surface area (Å²) in [4.78, 5) is 9.65. The highest BCUT2D eigenvalue weighted by molar-refractivity contribution is 7.61. The zero-order valence-corrected chi connectivity index (χ0v) is 10.3. The molecule has 0 aliphatic carbocycles. The average molecular weight is 254 g/mol. The summed E-state index contributed by atoms with van der Waals surface area (Å²) in [6, 6.07) is 8.29. The molecule has 0 saturated heterocycles. The Morgan fingerprint density at radius 3 is 2.65 bits per heavy atom. The lowest BCUT2D eigenvalue weighted by Gasteiger charge is -2.11. The van der Waals surface area contributed by atoms with Crippen molar-refractivity contribution in [2.45, 2.75) is 6.42 Å². The molecule has 1 unspecified atom stereocenters. The number of terminal acetylenes is 1. The van der Waals surface area contributed by atoms with Gasteiger partial charge in [0.05, 0.1) is 18.5 Å². The predicted octanol–water partition coefficient (Wildman–Crippen LogP) is 1.55. The topological polar surface area (TPSA) is 55.8 Å². The number of rotatable bonds is 7. The molecule has 0 aromatic heterocycles. The van der Waals surface area contributed by atoms with Crippen LogP contribution in [0.15, 0.2) is 30.3 Å². The molecule has 1 atom stereocenters. The molecular formula is C12H15O4P. The Balaban J connectivity index is 2.31. The molecule has 1 aromatic rings. The van der Waals surface area contributed by atoms with Crippen molar-refractivity contribution in [3.8, 4) is 12.3 Å². The van der Waals surface area contributed by atoms with E-state index < -0.39 is 7.60 Å². The maximum absolute atomic E-state index is 11.8. The van der Waals surface area contributed by atoms with Crippen molar-refractivity contribution in [2.75, 3.05) is 19.8 Å². The fourth-order valence-corrected chi connectivity index (χ4v) is 2.25. The van der Waals surface area contributed by atoms with Crippen LogP contribution in [0.25, 0.3) is 0 Å². The summed E-state index contributed by atoms with van der Waals surface area (Å²) >= 11 is 0. The van der Waals surface area contributed by atoms with E-state index in [4.69, 9.17) is 15.7 Å². The molecular weight excluding hydrogens is 239 g/mol. The average Bonchev–Trinajstić information content (AvgIpc) is 2.35. The Hall–Kier alpha value is -1.11. The van der Waals surface area contributed by atoms with Gasteiger partial charge in [0.2, 0.25) is 0 Å². The van der Waals surface area contributed by atoms with E-state index in [2.05, 4.69) is 5.92 Å². The van der Waals surface area contributed by atoms with Crippen molar-refractivity contribution < 1.29 is 18.7 Å². The van der Waals surface area contributed by atoms with E-state index >= 15 is 0 Å². The SMILES string of the molecule is C#CCOCCCOP(=O)(O)c1ccccc1. The second-order valence-corrected chi connectivity index (χ2v) is 5.11. The standard InChI is InChI=1S/C12H15O4P/c1-2-9-15-10-6-11-16-17(13,14)12-7-4-3-5-8-12/h1,3-5,7-8H,6,9-11H2,(H,13,14). The number of hydrogen-bond donors (Lipinski definition) is 1. The number of benzene rings is 1. The third-order valence-corrected chi connectivity index (χ3v) is 3.45. The summed E-state index contributed by atoms with van der Waals surface area (Å²) < 4.78 is 21.8. The van der Waals surface area contributed by atoms with E-state index in [1.807, 2.05) is 0 Å². The third-order valence-electron chi connectivity index (χ3n) is 1.97. The minimum atomic E-state index is -3.70. The van der Waals surface area contributed by atoms with Gasteiger partial charge in [0.15, 0.2) is 0 Å². The van der Waals surface area contributed by atoms with Gasteiger partial charge in [-0.3, -0.25) is 4.57 Å². The lowest BCUT2D eigenvalue weighted by atomic mass is 10.4. The van der Waals surface area contributed by atoms with E-state index in [1.165, 1.54) is 0 Å². The molecule has 1 N–H and O–H groups in total. The van der Waals surface area contributed by atoms with E-state index in [0.29, 0.717) is 18.3 Å². The summed E-state index contributed by atoms with van der Waals surface area (Å²) in [5.74, 6) is 2.33. The number of ether oxygens (including phenoxy) is 1. The van der Waals surface area contributed by atoms with Crippen LogP contribution in [0.4, 0.5) is 0 Å². The molecule has 92 valence electrons. The summed E-state index contributed by atoms with van der Waals surface area (Å²) in [5, 5.41) is 0.296. The minimum absolute atomic E-state index is 0.160. The van der Waals surface area contributed by atoms with Crippen LogP contribution < -0.4 is 5.30 Å². The van der Waals surface area contributed by atoms with E-state index in [1.54, 1.807) is 30.3 Å². The zero-order valence-electron chi connectivity index (χ0n) is 9.41. The molecule has 4 nitrogen and oxygen atoms in total. The smallest absolute Gasteiger partial charge is 0.358 e. The van der Waals surface area contributed by atoms with Crippen LogP contribution in [0.3, 0.4) is 0 Å². The van der Waals surface area contributed by atoms with Gasteiger partial charge < -0.3 is 14.2 Å². The van der Waals surface area contributed by atoms with E-state index in [-0.39, 0.29) is 13.2 Å². The van der Waals surface area contributed by atoms with Crippen molar-refractivity contribution in [1.29, 1.82) is 0 Å². The largest absolute Gasteiger partial charge is 0.369 e. The van der Waals surface area contributed by atoms with Crippen LogP contribution >= 0.6 is 7.60 Å². The molecule has 5 heteroatoms. The summed E-state index contributed by atoms with van der Waals surface area (Å²) in [6.45, 7) is 0.821. The van der Waals surface area contributed by atoms with Gasteiger partial charge in [0.25, 0.3) is 0 Å². The fraction of sp³-hybridized carbons (Fsp3) is 0.333. The van der Waals surface area contributed by atoms with Crippen LogP contribution in [-0.4, -0.2) is 24.7 Å². The fourth-order valence-electron chi connectivity index (χ4n) is 1.17. The molecule has 0 spiro atoms. The maximum Gasteiger partial charge on any atom is 0.358 e.